The van der Waals surface area contributed by atoms with E-state index in [1.807, 2.05) is 0 Å². The van der Waals surface area contributed by atoms with Gasteiger partial charge >= 0.3 is 6.18 Å². The molecule has 0 spiro atoms. The van der Waals surface area contributed by atoms with E-state index in [1.54, 1.807) is 24.3 Å². The Morgan fingerprint density at radius 1 is 1.22 bits per heavy atom. The summed E-state index contributed by atoms with van der Waals surface area (Å²) in [7, 11) is 1.31. The molecule has 0 saturated heterocycles. The van der Waals surface area contributed by atoms with Crippen molar-refractivity contribution in [2.45, 2.75) is 6.18 Å². The van der Waals surface area contributed by atoms with Crippen LogP contribution in [0.1, 0.15) is 5.69 Å². The molecular weight excluding hydrogens is 243 g/mol. The van der Waals surface area contributed by atoms with Crippen LogP contribution in [0, 0.1) is 6.57 Å². The van der Waals surface area contributed by atoms with E-state index in [9.17, 15) is 13.2 Å². The molecule has 0 saturated carbocycles. The number of benzene rings is 1. The molecule has 0 bridgehead atoms. The quantitative estimate of drug-likeness (QED) is 0.709. The number of hydrogen-bond acceptors (Lipinski definition) is 1. The Bertz CT molecular complexity index is 603. The fourth-order valence-electron chi connectivity index (χ4n) is 1.63. The standard InChI is InChI=1S/C12H8F3N3/c1-16-9-5-3-8(4-6-9)11-17-7-10(18(11)2)12(13,14)15/h3-7H,2H3. The number of nitrogens with zero attached hydrogens (tertiary/aromatic N) is 3. The lowest BCUT2D eigenvalue weighted by molar-refractivity contribution is -0.143. The Hall–Kier alpha value is -2.29. The van der Waals surface area contributed by atoms with Crippen LogP contribution < -0.4 is 0 Å². The van der Waals surface area contributed by atoms with Gasteiger partial charge in [-0.1, -0.05) is 24.3 Å². The number of aromatic nitrogens is 2. The van der Waals surface area contributed by atoms with E-state index in [-0.39, 0.29) is 5.82 Å². The summed E-state index contributed by atoms with van der Waals surface area (Å²) >= 11 is 0. The third-order valence-corrected chi connectivity index (χ3v) is 2.53. The predicted octanol–water partition coefficient (Wildman–Crippen LogP) is 3.66. The lowest BCUT2D eigenvalue weighted by atomic mass is 10.2. The molecule has 2 aromatic rings. The lowest BCUT2D eigenvalue weighted by Gasteiger charge is -2.08. The minimum Gasteiger partial charge on any atom is -0.324 e. The molecule has 0 fully saturated rings. The molecule has 92 valence electrons. The van der Waals surface area contributed by atoms with Crippen LogP contribution >= 0.6 is 0 Å². The van der Waals surface area contributed by atoms with Crippen LogP contribution in [0.15, 0.2) is 30.5 Å². The fraction of sp³-hybridized carbons (Fsp3) is 0.167. The van der Waals surface area contributed by atoms with Crippen LogP contribution in [0.2, 0.25) is 0 Å². The van der Waals surface area contributed by atoms with Gasteiger partial charge in [0.2, 0.25) is 0 Å². The monoisotopic (exact) mass is 251 g/mol. The first-order chi connectivity index (χ1) is 8.43. The Kier molecular flexibility index (Phi) is 2.83. The minimum atomic E-state index is -4.42. The third-order valence-electron chi connectivity index (χ3n) is 2.53. The fourth-order valence-corrected chi connectivity index (χ4v) is 1.63. The zero-order valence-electron chi connectivity index (χ0n) is 9.36. The number of imidazole rings is 1. The third kappa shape index (κ3) is 2.07. The SMILES string of the molecule is [C-]#[N+]c1ccc(-c2ncc(C(F)(F)F)n2C)cc1. The summed E-state index contributed by atoms with van der Waals surface area (Å²) in [6.07, 6.45) is -3.62. The van der Waals surface area contributed by atoms with Crippen LogP contribution in [0.25, 0.3) is 16.2 Å². The predicted molar refractivity (Wildman–Crippen MR) is 59.9 cm³/mol. The van der Waals surface area contributed by atoms with Gasteiger partial charge in [-0.25, -0.2) is 9.83 Å². The first-order valence-electron chi connectivity index (χ1n) is 5.00. The average molecular weight is 251 g/mol. The molecule has 0 radical (unpaired) electrons. The van der Waals surface area contributed by atoms with Crippen molar-refractivity contribution in [2.24, 2.45) is 7.05 Å². The van der Waals surface area contributed by atoms with Gasteiger partial charge < -0.3 is 4.57 Å². The highest BCUT2D eigenvalue weighted by Gasteiger charge is 2.35. The maximum Gasteiger partial charge on any atom is 0.433 e. The van der Waals surface area contributed by atoms with Gasteiger partial charge in [0.25, 0.3) is 0 Å². The molecule has 6 heteroatoms. The second-order valence-electron chi connectivity index (χ2n) is 3.68. The minimum absolute atomic E-state index is 0.221. The summed E-state index contributed by atoms with van der Waals surface area (Å²) in [6.45, 7) is 6.80. The number of alkyl halides is 3. The molecular formula is C12H8F3N3. The number of rotatable bonds is 1. The van der Waals surface area contributed by atoms with Gasteiger partial charge in [-0.15, -0.1) is 0 Å². The Morgan fingerprint density at radius 2 is 1.83 bits per heavy atom. The second kappa shape index (κ2) is 4.18. The zero-order chi connectivity index (χ0) is 13.3. The number of halogens is 3. The Labute approximate surface area is 101 Å². The van der Waals surface area contributed by atoms with E-state index in [0.29, 0.717) is 11.3 Å². The highest BCUT2D eigenvalue weighted by Crippen LogP contribution is 2.31. The Morgan fingerprint density at radius 3 is 2.28 bits per heavy atom. The van der Waals surface area contributed by atoms with Gasteiger partial charge in [-0.3, -0.25) is 0 Å². The summed E-state index contributed by atoms with van der Waals surface area (Å²) in [6, 6.07) is 6.25. The summed E-state index contributed by atoms with van der Waals surface area (Å²) in [5.41, 5.74) is 0.177. The Balaban J connectivity index is 2.46. The normalized spacial score (nSPS) is 11.3. The van der Waals surface area contributed by atoms with E-state index >= 15 is 0 Å². The largest absolute Gasteiger partial charge is 0.433 e. The highest BCUT2D eigenvalue weighted by atomic mass is 19.4. The van der Waals surface area contributed by atoms with Crippen molar-refractivity contribution in [1.82, 2.24) is 9.55 Å². The van der Waals surface area contributed by atoms with Crippen molar-refractivity contribution in [3.63, 3.8) is 0 Å². The molecule has 0 aliphatic rings. The summed E-state index contributed by atoms with van der Waals surface area (Å²) in [5.74, 6) is 0.221. The highest BCUT2D eigenvalue weighted by molar-refractivity contribution is 5.60. The van der Waals surface area contributed by atoms with Gasteiger partial charge in [0, 0.05) is 12.6 Å². The maximum absolute atomic E-state index is 12.6. The van der Waals surface area contributed by atoms with Crippen LogP contribution in [0.3, 0.4) is 0 Å². The first-order valence-corrected chi connectivity index (χ1v) is 5.00. The first kappa shape index (κ1) is 12.2. The number of hydrogen-bond donors (Lipinski definition) is 0. The molecule has 2 rings (SSSR count). The van der Waals surface area contributed by atoms with Crippen LogP contribution in [0.5, 0.6) is 0 Å². The average Bonchev–Trinajstić information content (AvgIpc) is 2.71. The van der Waals surface area contributed by atoms with E-state index < -0.39 is 11.9 Å². The van der Waals surface area contributed by atoms with Gasteiger partial charge in [0.1, 0.15) is 11.5 Å². The van der Waals surface area contributed by atoms with Gasteiger partial charge in [0.05, 0.1) is 12.8 Å². The smallest absolute Gasteiger partial charge is 0.324 e. The zero-order valence-corrected chi connectivity index (χ0v) is 9.36. The molecule has 0 amide bonds. The molecule has 1 aromatic carbocycles. The summed E-state index contributed by atoms with van der Waals surface area (Å²) in [5, 5.41) is 0. The molecule has 1 heterocycles. The van der Waals surface area contributed by atoms with Crippen molar-refractivity contribution in [1.29, 1.82) is 0 Å². The molecule has 0 atom stereocenters. The van der Waals surface area contributed by atoms with Crippen molar-refractivity contribution in [3.05, 3.63) is 47.6 Å². The maximum atomic E-state index is 12.6. The molecule has 18 heavy (non-hydrogen) atoms. The molecule has 0 aliphatic carbocycles. The van der Waals surface area contributed by atoms with Gasteiger partial charge in [-0.05, 0) is 0 Å². The summed E-state index contributed by atoms with van der Waals surface area (Å²) in [4.78, 5) is 6.99. The van der Waals surface area contributed by atoms with Crippen LogP contribution in [-0.2, 0) is 13.2 Å². The van der Waals surface area contributed by atoms with Crippen LogP contribution in [0.4, 0.5) is 18.9 Å². The summed E-state index contributed by atoms with van der Waals surface area (Å²) < 4.78 is 38.8. The van der Waals surface area contributed by atoms with Crippen molar-refractivity contribution >= 4 is 5.69 Å². The van der Waals surface area contributed by atoms with Crippen molar-refractivity contribution in [2.75, 3.05) is 0 Å². The van der Waals surface area contributed by atoms with E-state index in [0.717, 1.165) is 10.8 Å². The van der Waals surface area contributed by atoms with E-state index in [4.69, 9.17) is 6.57 Å². The van der Waals surface area contributed by atoms with Gasteiger partial charge in [0.15, 0.2) is 5.69 Å². The van der Waals surface area contributed by atoms with Crippen LogP contribution in [-0.4, -0.2) is 9.55 Å². The van der Waals surface area contributed by atoms with E-state index in [1.165, 1.54) is 7.05 Å². The molecule has 1 aromatic heterocycles. The molecule has 0 N–H and O–H groups in total. The lowest BCUT2D eigenvalue weighted by Crippen LogP contribution is -2.11. The molecule has 0 unspecified atom stereocenters. The van der Waals surface area contributed by atoms with Crippen molar-refractivity contribution < 1.29 is 13.2 Å². The van der Waals surface area contributed by atoms with Gasteiger partial charge in [-0.2, -0.15) is 13.2 Å². The van der Waals surface area contributed by atoms with E-state index in [2.05, 4.69) is 9.83 Å². The van der Waals surface area contributed by atoms with Crippen molar-refractivity contribution in [3.8, 4) is 11.4 Å². The molecule has 0 aliphatic heterocycles. The topological polar surface area (TPSA) is 22.2 Å². The second-order valence-corrected chi connectivity index (χ2v) is 3.68. The molecule has 3 nitrogen and oxygen atoms in total.